The molecule has 1 aliphatic carbocycles. The van der Waals surface area contributed by atoms with Gasteiger partial charge in [-0.2, -0.15) is 5.26 Å². The van der Waals surface area contributed by atoms with Gasteiger partial charge in [-0.05, 0) is 18.8 Å². The van der Waals surface area contributed by atoms with Crippen LogP contribution < -0.4 is 5.73 Å². The van der Waals surface area contributed by atoms with Crippen molar-refractivity contribution in [1.82, 2.24) is 4.90 Å². The summed E-state index contributed by atoms with van der Waals surface area (Å²) in [5, 5.41) is 8.69. The molecular formula is C10H12N3O2. The van der Waals surface area contributed by atoms with Crippen molar-refractivity contribution in [3.05, 3.63) is 6.42 Å². The summed E-state index contributed by atoms with van der Waals surface area (Å²) < 4.78 is 0. The highest BCUT2D eigenvalue weighted by Crippen LogP contribution is 2.34. The lowest BCUT2D eigenvalue weighted by molar-refractivity contribution is -0.146. The summed E-state index contributed by atoms with van der Waals surface area (Å²) in [7, 11) is 0. The third-order valence-corrected chi connectivity index (χ3v) is 2.85. The predicted octanol–water partition coefficient (Wildman–Crippen LogP) is -0.563. The Morgan fingerprint density at radius 1 is 1.47 bits per heavy atom. The van der Waals surface area contributed by atoms with E-state index in [9.17, 15) is 9.59 Å². The number of hydrogen-bond donors (Lipinski definition) is 1. The zero-order chi connectivity index (χ0) is 11.0. The van der Waals surface area contributed by atoms with Gasteiger partial charge in [0.2, 0.25) is 11.8 Å². The molecule has 1 radical (unpaired) electrons. The number of nitrogens with zero attached hydrogens (tertiary/aromatic N) is 2. The summed E-state index contributed by atoms with van der Waals surface area (Å²) in [5.41, 5.74) is 5.14. The molecule has 2 rings (SSSR count). The molecule has 1 saturated carbocycles. The van der Waals surface area contributed by atoms with E-state index in [2.05, 4.69) is 0 Å². The van der Waals surface area contributed by atoms with Crippen molar-refractivity contribution in [2.75, 3.05) is 6.54 Å². The van der Waals surface area contributed by atoms with Crippen molar-refractivity contribution in [2.45, 2.75) is 18.9 Å². The summed E-state index contributed by atoms with van der Waals surface area (Å²) in [5.74, 6) is -0.815. The third kappa shape index (κ3) is 1.80. The Morgan fingerprint density at radius 2 is 2.13 bits per heavy atom. The lowest BCUT2D eigenvalue weighted by Crippen LogP contribution is -2.63. The topological polar surface area (TPSA) is 87.2 Å². The number of carbonyl (C=O) groups excluding carboxylic acids is 2. The molecule has 5 nitrogen and oxygen atoms in total. The summed E-state index contributed by atoms with van der Waals surface area (Å²) in [6.45, 7) is 0.326. The van der Waals surface area contributed by atoms with Crippen LogP contribution in [0.15, 0.2) is 0 Å². The van der Waals surface area contributed by atoms with Gasteiger partial charge in [0, 0.05) is 6.54 Å². The van der Waals surface area contributed by atoms with Crippen LogP contribution in [0.4, 0.5) is 0 Å². The minimum atomic E-state index is -0.725. The van der Waals surface area contributed by atoms with Crippen LogP contribution in [0, 0.1) is 29.6 Å². The molecule has 15 heavy (non-hydrogen) atoms. The fraction of sp³-hybridized carbons (Fsp3) is 0.600. The van der Waals surface area contributed by atoms with Crippen molar-refractivity contribution < 1.29 is 9.59 Å². The Hall–Kier alpha value is -1.57. The first-order valence-corrected chi connectivity index (χ1v) is 4.98. The van der Waals surface area contributed by atoms with E-state index in [1.165, 1.54) is 4.90 Å². The molecule has 2 N–H and O–H groups in total. The summed E-state index contributed by atoms with van der Waals surface area (Å²) in [6.07, 6.45) is 3.72. The number of nitrogens with two attached hydrogens (primary N) is 1. The van der Waals surface area contributed by atoms with E-state index in [0.29, 0.717) is 12.5 Å². The normalized spacial score (nSPS) is 29.1. The number of hydrogen-bond acceptors (Lipinski definition) is 3. The predicted molar refractivity (Wildman–Crippen MR) is 50.8 cm³/mol. The molecule has 0 aromatic heterocycles. The average Bonchev–Trinajstić information content (AvgIpc) is 2.85. The molecule has 0 spiro atoms. The Balaban J connectivity index is 1.95. The maximum atomic E-state index is 11.6. The van der Waals surface area contributed by atoms with E-state index in [0.717, 1.165) is 12.8 Å². The highest BCUT2D eigenvalue weighted by atomic mass is 16.2. The second-order valence-electron chi connectivity index (χ2n) is 4.08. The minimum Gasteiger partial charge on any atom is -0.368 e. The molecule has 2 amide bonds. The van der Waals surface area contributed by atoms with E-state index >= 15 is 0 Å². The number of rotatable bonds is 3. The van der Waals surface area contributed by atoms with Crippen molar-refractivity contribution in [3.63, 3.8) is 0 Å². The van der Waals surface area contributed by atoms with E-state index in [-0.39, 0.29) is 5.91 Å². The Morgan fingerprint density at radius 3 is 2.60 bits per heavy atom. The van der Waals surface area contributed by atoms with Gasteiger partial charge >= 0.3 is 0 Å². The first kappa shape index (κ1) is 9.97. The zero-order valence-electron chi connectivity index (χ0n) is 8.22. The molecule has 1 saturated heterocycles. The second kappa shape index (κ2) is 3.54. The molecule has 0 aromatic rings. The van der Waals surface area contributed by atoms with Crippen LogP contribution in [-0.4, -0.2) is 29.3 Å². The number of primary amides is 1. The Kier molecular flexibility index (Phi) is 2.35. The van der Waals surface area contributed by atoms with Crippen LogP contribution in [0.2, 0.25) is 0 Å². The van der Waals surface area contributed by atoms with Gasteiger partial charge in [0.25, 0.3) is 0 Å². The molecule has 0 aromatic carbocycles. The number of amides is 2. The van der Waals surface area contributed by atoms with Gasteiger partial charge in [0.15, 0.2) is 0 Å². The van der Waals surface area contributed by atoms with Crippen molar-refractivity contribution in [1.29, 1.82) is 5.26 Å². The lowest BCUT2D eigenvalue weighted by Gasteiger charge is -2.42. The highest BCUT2D eigenvalue weighted by molar-refractivity contribution is 5.93. The molecule has 2 fully saturated rings. The molecule has 1 heterocycles. The fourth-order valence-corrected chi connectivity index (χ4v) is 1.76. The van der Waals surface area contributed by atoms with Gasteiger partial charge in [0.05, 0.1) is 18.4 Å². The first-order valence-electron chi connectivity index (χ1n) is 4.98. The second-order valence-corrected chi connectivity index (χ2v) is 4.08. The molecule has 1 unspecified atom stereocenters. The SMILES string of the molecule is N#CC1CN(C(=O)[CH]C2CC2)[C@H]1C(N)=O. The van der Waals surface area contributed by atoms with E-state index in [4.69, 9.17) is 11.0 Å². The van der Waals surface area contributed by atoms with Crippen LogP contribution in [-0.2, 0) is 9.59 Å². The summed E-state index contributed by atoms with van der Waals surface area (Å²) >= 11 is 0. The monoisotopic (exact) mass is 206 g/mol. The van der Waals surface area contributed by atoms with Crippen LogP contribution in [0.25, 0.3) is 0 Å². The molecule has 2 aliphatic rings. The van der Waals surface area contributed by atoms with Crippen molar-refractivity contribution in [2.24, 2.45) is 17.6 Å². The fourth-order valence-electron chi connectivity index (χ4n) is 1.76. The first-order chi connectivity index (χ1) is 7.13. The van der Waals surface area contributed by atoms with Gasteiger partial charge in [-0.25, -0.2) is 0 Å². The van der Waals surface area contributed by atoms with E-state index in [1.54, 1.807) is 6.42 Å². The molecule has 79 valence electrons. The largest absolute Gasteiger partial charge is 0.368 e. The van der Waals surface area contributed by atoms with E-state index < -0.39 is 17.9 Å². The standard InChI is InChI=1S/C10H12N3O2/c11-4-7-5-13(9(7)10(12)15)8(14)3-6-1-2-6/h3,6-7,9H,1-2,5H2,(H2,12,15)/t7?,9-/m1/s1. The number of likely N-dealkylation sites (tertiary alicyclic amines) is 1. The van der Waals surface area contributed by atoms with Crippen LogP contribution in [0.3, 0.4) is 0 Å². The van der Waals surface area contributed by atoms with Crippen LogP contribution in [0.1, 0.15) is 12.8 Å². The lowest BCUT2D eigenvalue weighted by atomic mass is 9.88. The van der Waals surface area contributed by atoms with Crippen LogP contribution in [0.5, 0.6) is 0 Å². The van der Waals surface area contributed by atoms with Crippen LogP contribution >= 0.6 is 0 Å². The molecular weight excluding hydrogens is 194 g/mol. The maximum Gasteiger partial charge on any atom is 0.241 e. The minimum absolute atomic E-state index is 0.159. The van der Waals surface area contributed by atoms with E-state index in [1.807, 2.05) is 6.07 Å². The van der Waals surface area contributed by atoms with Crippen molar-refractivity contribution >= 4 is 11.8 Å². The summed E-state index contributed by atoms with van der Waals surface area (Å²) in [6, 6.07) is 1.25. The Bertz CT molecular complexity index is 343. The number of nitriles is 1. The number of carbonyl (C=O) groups is 2. The molecule has 2 atom stereocenters. The smallest absolute Gasteiger partial charge is 0.241 e. The molecule has 5 heteroatoms. The Labute approximate surface area is 87.8 Å². The zero-order valence-corrected chi connectivity index (χ0v) is 8.22. The van der Waals surface area contributed by atoms with Gasteiger partial charge in [-0.15, -0.1) is 0 Å². The van der Waals surface area contributed by atoms with Gasteiger partial charge in [-0.1, -0.05) is 0 Å². The maximum absolute atomic E-state index is 11.6. The van der Waals surface area contributed by atoms with Gasteiger partial charge < -0.3 is 10.6 Å². The third-order valence-electron chi connectivity index (χ3n) is 2.85. The van der Waals surface area contributed by atoms with Gasteiger partial charge in [-0.3, -0.25) is 9.59 Å². The van der Waals surface area contributed by atoms with Crippen molar-refractivity contribution in [3.8, 4) is 6.07 Å². The molecule has 1 aliphatic heterocycles. The average molecular weight is 206 g/mol. The quantitative estimate of drug-likeness (QED) is 0.671. The summed E-state index contributed by atoms with van der Waals surface area (Å²) in [4.78, 5) is 24.0. The molecule has 0 bridgehead atoms. The highest BCUT2D eigenvalue weighted by Gasteiger charge is 2.46. The van der Waals surface area contributed by atoms with Gasteiger partial charge in [0.1, 0.15) is 6.04 Å².